The Morgan fingerprint density at radius 2 is 2.05 bits per heavy atom. The van der Waals surface area contributed by atoms with E-state index >= 15 is 0 Å². The summed E-state index contributed by atoms with van der Waals surface area (Å²) in [5, 5.41) is 0. The second-order valence-electron chi connectivity index (χ2n) is 6.90. The predicted molar refractivity (Wildman–Crippen MR) is 82.5 cm³/mol. The third-order valence-electron chi connectivity index (χ3n) is 4.89. The van der Waals surface area contributed by atoms with Gasteiger partial charge in [-0.3, -0.25) is 9.59 Å². The van der Waals surface area contributed by atoms with Crippen LogP contribution in [0.2, 0.25) is 0 Å². The van der Waals surface area contributed by atoms with Crippen molar-refractivity contribution in [3.63, 3.8) is 0 Å². The maximum atomic E-state index is 14.1. The Labute approximate surface area is 134 Å². The topological polar surface area (TPSA) is 49.9 Å². The molecule has 0 aromatic rings. The zero-order chi connectivity index (χ0) is 16.0. The van der Waals surface area contributed by atoms with Crippen LogP contribution in [0, 0.1) is 0 Å². The van der Waals surface area contributed by atoms with Gasteiger partial charge >= 0.3 is 0 Å². The molecular weight excluding hydrogens is 307 g/mol. The van der Waals surface area contributed by atoms with Crippen LogP contribution in [-0.4, -0.2) is 77.7 Å². The lowest BCUT2D eigenvalue weighted by atomic mass is 9.79. The van der Waals surface area contributed by atoms with Gasteiger partial charge in [0.1, 0.15) is 6.61 Å². The lowest BCUT2D eigenvalue weighted by Gasteiger charge is -2.50. The number of thioether (sulfide) groups is 1. The van der Waals surface area contributed by atoms with Crippen molar-refractivity contribution in [3.05, 3.63) is 0 Å². The van der Waals surface area contributed by atoms with E-state index < -0.39 is 5.67 Å². The zero-order valence-corrected chi connectivity index (χ0v) is 14.0. The van der Waals surface area contributed by atoms with Crippen LogP contribution in [0.4, 0.5) is 4.39 Å². The van der Waals surface area contributed by atoms with Crippen molar-refractivity contribution in [1.82, 2.24) is 9.80 Å². The van der Waals surface area contributed by atoms with Crippen molar-refractivity contribution >= 4 is 23.6 Å². The minimum Gasteiger partial charge on any atom is -0.367 e. The van der Waals surface area contributed by atoms with Gasteiger partial charge in [-0.15, -0.1) is 11.8 Å². The van der Waals surface area contributed by atoms with Crippen LogP contribution in [0.5, 0.6) is 0 Å². The van der Waals surface area contributed by atoms with Crippen molar-refractivity contribution in [1.29, 1.82) is 0 Å². The summed E-state index contributed by atoms with van der Waals surface area (Å²) in [5.41, 5.74) is -1.58. The fourth-order valence-electron chi connectivity index (χ4n) is 3.23. The molecule has 0 N–H and O–H groups in total. The van der Waals surface area contributed by atoms with E-state index in [0.717, 1.165) is 18.6 Å². The first-order chi connectivity index (χ1) is 10.3. The van der Waals surface area contributed by atoms with Crippen LogP contribution in [0.15, 0.2) is 0 Å². The molecule has 0 radical (unpaired) electrons. The molecule has 1 atom stereocenters. The molecule has 1 aliphatic carbocycles. The minimum atomic E-state index is -1.58. The number of ether oxygens (including phenoxy) is 1. The van der Waals surface area contributed by atoms with Crippen LogP contribution < -0.4 is 0 Å². The van der Waals surface area contributed by atoms with Crippen molar-refractivity contribution in [2.75, 3.05) is 39.5 Å². The second-order valence-corrected chi connectivity index (χ2v) is 8.39. The highest BCUT2D eigenvalue weighted by Crippen LogP contribution is 2.48. The predicted octanol–water partition coefficient (Wildman–Crippen LogP) is 1.07. The molecule has 3 rings (SSSR count). The highest BCUT2D eigenvalue weighted by molar-refractivity contribution is 8.01. The minimum absolute atomic E-state index is 0.0155. The van der Waals surface area contributed by atoms with Crippen molar-refractivity contribution < 1.29 is 18.7 Å². The largest absolute Gasteiger partial charge is 0.367 e. The maximum absolute atomic E-state index is 14.1. The fourth-order valence-corrected chi connectivity index (χ4v) is 4.78. The third kappa shape index (κ3) is 2.85. The van der Waals surface area contributed by atoms with E-state index in [0.29, 0.717) is 25.9 Å². The molecule has 7 heteroatoms. The Balaban J connectivity index is 1.44. The number of likely N-dealkylation sites (tertiary alicyclic amines) is 1. The molecule has 2 amide bonds. The van der Waals surface area contributed by atoms with Crippen LogP contribution >= 0.6 is 11.8 Å². The number of likely N-dealkylation sites (N-methyl/N-ethyl adjacent to an activating group) is 1. The summed E-state index contributed by atoms with van der Waals surface area (Å²) in [6.07, 6.45) is 2.45. The summed E-state index contributed by atoms with van der Waals surface area (Å²) >= 11 is 1.79. The smallest absolute Gasteiger partial charge is 0.260 e. The molecule has 1 spiro atoms. The van der Waals surface area contributed by atoms with Crippen LogP contribution in [0.25, 0.3) is 0 Å². The van der Waals surface area contributed by atoms with Crippen molar-refractivity contribution in [2.45, 2.75) is 42.2 Å². The molecule has 22 heavy (non-hydrogen) atoms. The van der Waals surface area contributed by atoms with Gasteiger partial charge in [0.05, 0.1) is 10.9 Å². The summed E-state index contributed by atoms with van der Waals surface area (Å²) in [6.45, 7) is 1.33. The zero-order valence-electron chi connectivity index (χ0n) is 13.1. The highest BCUT2D eigenvalue weighted by atomic mass is 32.2. The monoisotopic (exact) mass is 330 g/mol. The SMILES string of the molecule is CN(C)C(=O)COC1CSC2(C1)CN(C(=O)C1(F)CCC1)C2. The van der Waals surface area contributed by atoms with E-state index in [1.807, 2.05) is 0 Å². The number of hydrogen-bond acceptors (Lipinski definition) is 4. The number of carbonyl (C=O) groups is 2. The van der Waals surface area contributed by atoms with E-state index in [4.69, 9.17) is 4.74 Å². The molecule has 1 saturated carbocycles. The van der Waals surface area contributed by atoms with Gasteiger partial charge in [-0.25, -0.2) is 4.39 Å². The number of hydrogen-bond donors (Lipinski definition) is 0. The Kier molecular flexibility index (Phi) is 4.14. The van der Waals surface area contributed by atoms with Gasteiger partial charge < -0.3 is 14.5 Å². The molecule has 124 valence electrons. The average Bonchev–Trinajstić information content (AvgIpc) is 2.84. The normalized spacial score (nSPS) is 28.1. The Morgan fingerprint density at radius 3 is 2.59 bits per heavy atom. The van der Waals surface area contributed by atoms with E-state index in [-0.39, 0.29) is 29.3 Å². The number of alkyl halides is 1. The Hall–Kier alpha value is -0.820. The summed E-state index contributed by atoms with van der Waals surface area (Å²) in [6, 6.07) is 0. The first-order valence-electron chi connectivity index (χ1n) is 7.78. The first-order valence-corrected chi connectivity index (χ1v) is 8.76. The van der Waals surface area contributed by atoms with E-state index in [9.17, 15) is 14.0 Å². The van der Waals surface area contributed by atoms with Gasteiger partial charge in [0.25, 0.3) is 5.91 Å². The van der Waals surface area contributed by atoms with E-state index in [1.54, 1.807) is 30.8 Å². The van der Waals surface area contributed by atoms with Gasteiger partial charge in [0, 0.05) is 32.9 Å². The molecule has 0 bridgehead atoms. The molecule has 1 unspecified atom stereocenters. The quantitative estimate of drug-likeness (QED) is 0.774. The Bertz CT molecular complexity index is 475. The highest BCUT2D eigenvalue weighted by Gasteiger charge is 2.56. The van der Waals surface area contributed by atoms with Gasteiger partial charge in [0.2, 0.25) is 5.91 Å². The van der Waals surface area contributed by atoms with Gasteiger partial charge in [-0.1, -0.05) is 0 Å². The summed E-state index contributed by atoms with van der Waals surface area (Å²) < 4.78 is 19.8. The molecule has 3 fully saturated rings. The number of carbonyl (C=O) groups excluding carboxylic acids is 2. The van der Waals surface area contributed by atoms with E-state index in [2.05, 4.69) is 0 Å². The van der Waals surface area contributed by atoms with Gasteiger partial charge in [-0.05, 0) is 25.7 Å². The third-order valence-corrected chi connectivity index (χ3v) is 6.47. The van der Waals surface area contributed by atoms with Crippen molar-refractivity contribution in [3.8, 4) is 0 Å². The van der Waals surface area contributed by atoms with Crippen LogP contribution in [0.3, 0.4) is 0 Å². The second kappa shape index (κ2) is 5.67. The molecule has 3 aliphatic rings. The maximum Gasteiger partial charge on any atom is 0.260 e. The molecule has 5 nitrogen and oxygen atoms in total. The summed E-state index contributed by atoms with van der Waals surface area (Å²) in [4.78, 5) is 26.8. The molecule has 0 aromatic heterocycles. The number of amides is 2. The van der Waals surface area contributed by atoms with E-state index in [1.165, 1.54) is 4.90 Å². The van der Waals surface area contributed by atoms with Crippen molar-refractivity contribution in [2.24, 2.45) is 0 Å². The molecule has 2 heterocycles. The average molecular weight is 330 g/mol. The molecule has 2 saturated heterocycles. The fraction of sp³-hybridized carbons (Fsp3) is 0.867. The number of nitrogens with zero attached hydrogens (tertiary/aromatic N) is 2. The molecule has 2 aliphatic heterocycles. The summed E-state index contributed by atoms with van der Waals surface area (Å²) in [7, 11) is 3.42. The summed E-state index contributed by atoms with van der Waals surface area (Å²) in [5.74, 6) is 0.474. The van der Waals surface area contributed by atoms with Crippen LogP contribution in [-0.2, 0) is 14.3 Å². The molecular formula is C15H23FN2O3S. The standard InChI is InChI=1S/C15H23FN2O3S/c1-17(2)12(19)7-21-11-6-14(22-8-11)9-18(10-14)13(20)15(16)4-3-5-15/h11H,3-10H2,1-2H3. The Morgan fingerprint density at radius 1 is 1.36 bits per heavy atom. The first kappa shape index (κ1) is 16.1. The number of rotatable bonds is 4. The molecule has 0 aromatic carbocycles. The van der Waals surface area contributed by atoms with Crippen LogP contribution in [0.1, 0.15) is 25.7 Å². The van der Waals surface area contributed by atoms with Gasteiger partial charge in [-0.2, -0.15) is 0 Å². The van der Waals surface area contributed by atoms with Gasteiger partial charge in [0.15, 0.2) is 5.67 Å². The number of halogens is 1. The lowest BCUT2D eigenvalue weighted by molar-refractivity contribution is -0.155. The lowest BCUT2D eigenvalue weighted by Crippen LogP contribution is -2.65.